The first kappa shape index (κ1) is 28.8. The van der Waals surface area contributed by atoms with Crippen LogP contribution in [-0.2, 0) is 4.74 Å². The summed E-state index contributed by atoms with van der Waals surface area (Å²) in [6.45, 7) is 20.1. The van der Waals surface area contributed by atoms with Gasteiger partial charge in [-0.15, -0.1) is 0 Å². The molecule has 0 radical (unpaired) electrons. The highest BCUT2D eigenvalue weighted by molar-refractivity contribution is 7.23. The van der Waals surface area contributed by atoms with E-state index >= 15 is 0 Å². The first-order chi connectivity index (χ1) is 18.4. The number of morpholine rings is 1. The van der Waals surface area contributed by atoms with Gasteiger partial charge in [-0.2, -0.15) is 0 Å². The Balaban J connectivity index is 0.000000317. The number of nitrogens with one attached hydrogen (secondary N) is 2. The van der Waals surface area contributed by atoms with Gasteiger partial charge in [0.15, 0.2) is 5.13 Å². The molecule has 212 valence electrons. The van der Waals surface area contributed by atoms with Crippen molar-refractivity contribution in [2.75, 3.05) is 96.0 Å². The number of carbonyl (C=O) groups excluding carboxylic acids is 1. The predicted octanol–water partition coefficient (Wildman–Crippen LogP) is 3.00. The molecule has 11 heteroatoms. The lowest BCUT2D eigenvalue weighted by atomic mass is 10.2. The van der Waals surface area contributed by atoms with Crippen LogP contribution in [0.15, 0.2) is 12.1 Å². The molecule has 3 aliphatic heterocycles. The number of amides is 2. The molecule has 38 heavy (non-hydrogen) atoms. The molecule has 0 atom stereocenters. The highest BCUT2D eigenvalue weighted by atomic mass is 32.1. The van der Waals surface area contributed by atoms with Crippen LogP contribution in [0, 0.1) is 0 Å². The van der Waals surface area contributed by atoms with Crippen molar-refractivity contribution in [3.8, 4) is 5.75 Å². The Labute approximate surface area is 231 Å². The number of rotatable bonds is 5. The summed E-state index contributed by atoms with van der Waals surface area (Å²) in [5.74, 6) is 0.722. The largest absolute Gasteiger partial charge is 0.494 e. The van der Waals surface area contributed by atoms with Gasteiger partial charge in [-0.05, 0) is 39.8 Å². The molecule has 5 rings (SSSR count). The molecule has 2 amide bonds. The van der Waals surface area contributed by atoms with E-state index < -0.39 is 0 Å². The van der Waals surface area contributed by atoms with Gasteiger partial charge in [0.05, 0.1) is 30.7 Å². The lowest BCUT2D eigenvalue weighted by Crippen LogP contribution is -2.51. The topological polar surface area (TPSA) is 85.4 Å². The zero-order chi connectivity index (χ0) is 27.1. The van der Waals surface area contributed by atoms with E-state index in [2.05, 4.69) is 64.1 Å². The van der Waals surface area contributed by atoms with Gasteiger partial charge in [-0.25, -0.2) is 9.78 Å². The van der Waals surface area contributed by atoms with E-state index in [1.54, 1.807) is 7.11 Å². The van der Waals surface area contributed by atoms with E-state index in [1.807, 2.05) is 11.0 Å². The number of piperazine rings is 2. The molecule has 0 saturated carbocycles. The van der Waals surface area contributed by atoms with Crippen LogP contribution in [0.25, 0.3) is 10.2 Å². The molecule has 0 spiro atoms. The van der Waals surface area contributed by atoms with Gasteiger partial charge in [0.25, 0.3) is 0 Å². The maximum absolute atomic E-state index is 12.8. The number of ether oxygens (including phenoxy) is 2. The number of urea groups is 1. The minimum Gasteiger partial charge on any atom is -0.494 e. The minimum absolute atomic E-state index is 0.0839. The first-order valence-electron chi connectivity index (χ1n) is 13.9. The summed E-state index contributed by atoms with van der Waals surface area (Å²) in [7, 11) is 1.65. The average molecular weight is 548 g/mol. The number of methoxy groups -OCH3 is 1. The number of hydrogen-bond acceptors (Lipinski definition) is 9. The molecule has 1 aromatic heterocycles. The second-order valence-electron chi connectivity index (χ2n) is 10.5. The summed E-state index contributed by atoms with van der Waals surface area (Å²) in [5, 5.41) is 6.94. The van der Waals surface area contributed by atoms with E-state index in [0.29, 0.717) is 11.2 Å². The second-order valence-corrected chi connectivity index (χ2v) is 11.5. The van der Waals surface area contributed by atoms with Crippen LogP contribution in [-0.4, -0.2) is 124 Å². The number of carbonyl (C=O) groups is 1. The van der Waals surface area contributed by atoms with Gasteiger partial charge in [0.2, 0.25) is 0 Å². The van der Waals surface area contributed by atoms with Crippen molar-refractivity contribution in [3.63, 3.8) is 0 Å². The van der Waals surface area contributed by atoms with Gasteiger partial charge >= 0.3 is 6.03 Å². The number of aromatic nitrogens is 1. The van der Waals surface area contributed by atoms with Crippen LogP contribution in [0.1, 0.15) is 27.7 Å². The molecule has 3 fully saturated rings. The summed E-state index contributed by atoms with van der Waals surface area (Å²) < 4.78 is 12.0. The molecule has 0 bridgehead atoms. The SMILES string of the molecule is CC(C)N1CCNCC1.COc1ccc(N2CCOCC2)c2sc(NC(=O)N3CCN(C(C)C)CC3)nc12. The third kappa shape index (κ3) is 7.26. The molecule has 4 heterocycles. The highest BCUT2D eigenvalue weighted by Crippen LogP contribution is 2.39. The Morgan fingerprint density at radius 2 is 1.61 bits per heavy atom. The molecule has 2 aromatic rings. The predicted molar refractivity (Wildman–Crippen MR) is 156 cm³/mol. The van der Waals surface area contributed by atoms with Gasteiger partial charge in [-0.3, -0.25) is 15.1 Å². The molecule has 3 saturated heterocycles. The van der Waals surface area contributed by atoms with E-state index in [-0.39, 0.29) is 6.03 Å². The van der Waals surface area contributed by atoms with E-state index in [0.717, 1.165) is 93.3 Å². The lowest BCUT2D eigenvalue weighted by Gasteiger charge is -2.36. The number of anilines is 2. The van der Waals surface area contributed by atoms with Gasteiger partial charge in [-0.1, -0.05) is 11.3 Å². The molecule has 1 aromatic carbocycles. The quantitative estimate of drug-likeness (QED) is 0.591. The minimum atomic E-state index is -0.0839. The average Bonchev–Trinajstić information content (AvgIpc) is 3.37. The van der Waals surface area contributed by atoms with Crippen LogP contribution in [0.3, 0.4) is 0 Å². The fraction of sp³-hybridized carbons (Fsp3) is 0.704. The number of hydrogen-bond donors (Lipinski definition) is 2. The van der Waals surface area contributed by atoms with E-state index in [9.17, 15) is 4.79 Å². The van der Waals surface area contributed by atoms with Crippen molar-refractivity contribution in [1.82, 2.24) is 25.0 Å². The van der Waals surface area contributed by atoms with Crippen molar-refractivity contribution >= 4 is 38.4 Å². The van der Waals surface area contributed by atoms with Crippen LogP contribution in [0.4, 0.5) is 15.6 Å². The van der Waals surface area contributed by atoms with Crippen molar-refractivity contribution in [3.05, 3.63) is 12.1 Å². The normalized spacial score (nSPS) is 19.6. The Morgan fingerprint density at radius 3 is 2.18 bits per heavy atom. The molecule has 0 aliphatic carbocycles. The Morgan fingerprint density at radius 1 is 0.974 bits per heavy atom. The van der Waals surface area contributed by atoms with Crippen LogP contribution < -0.4 is 20.3 Å². The van der Waals surface area contributed by atoms with Crippen LogP contribution >= 0.6 is 11.3 Å². The van der Waals surface area contributed by atoms with Crippen LogP contribution in [0.5, 0.6) is 5.75 Å². The fourth-order valence-electron chi connectivity index (χ4n) is 5.05. The Hall–Kier alpha value is -2.18. The smallest absolute Gasteiger partial charge is 0.323 e. The van der Waals surface area contributed by atoms with Gasteiger partial charge in [0.1, 0.15) is 11.3 Å². The Bertz CT molecular complexity index is 1030. The van der Waals surface area contributed by atoms with Crippen molar-refractivity contribution in [2.45, 2.75) is 39.8 Å². The first-order valence-corrected chi connectivity index (χ1v) is 14.7. The summed E-state index contributed by atoms with van der Waals surface area (Å²) in [5.41, 5.74) is 1.91. The van der Waals surface area contributed by atoms with Crippen molar-refractivity contribution in [2.24, 2.45) is 0 Å². The van der Waals surface area contributed by atoms with Crippen molar-refractivity contribution < 1.29 is 14.3 Å². The molecule has 10 nitrogen and oxygen atoms in total. The van der Waals surface area contributed by atoms with E-state index in [4.69, 9.17) is 9.47 Å². The Kier molecular flexibility index (Phi) is 10.4. The fourth-order valence-corrected chi connectivity index (χ4v) is 6.07. The lowest BCUT2D eigenvalue weighted by molar-refractivity contribution is 0.123. The summed E-state index contributed by atoms with van der Waals surface area (Å²) in [6, 6.07) is 5.17. The molecular weight excluding hydrogens is 502 g/mol. The summed E-state index contributed by atoms with van der Waals surface area (Å²) in [6.07, 6.45) is 0. The number of thiazole rings is 1. The monoisotopic (exact) mass is 547 g/mol. The maximum Gasteiger partial charge on any atom is 0.323 e. The number of nitrogens with zero attached hydrogens (tertiary/aromatic N) is 5. The van der Waals surface area contributed by atoms with Crippen LogP contribution in [0.2, 0.25) is 0 Å². The van der Waals surface area contributed by atoms with Crippen molar-refractivity contribution in [1.29, 1.82) is 0 Å². The molecular formula is C27H45N7O3S. The number of benzene rings is 1. The number of fused-ring (bicyclic) bond motifs is 1. The zero-order valence-electron chi connectivity index (χ0n) is 23.7. The highest BCUT2D eigenvalue weighted by Gasteiger charge is 2.24. The summed E-state index contributed by atoms with van der Waals surface area (Å²) >= 11 is 1.50. The van der Waals surface area contributed by atoms with Gasteiger partial charge < -0.3 is 24.6 Å². The zero-order valence-corrected chi connectivity index (χ0v) is 24.5. The maximum atomic E-state index is 12.8. The molecule has 3 aliphatic rings. The standard InChI is InChI=1S/C20H29N5O3S.C7H16N2/c1-14(2)23-6-8-25(9-7-23)20(26)22-19-21-17-16(27-3)5-4-15(18(17)29-19)24-10-12-28-13-11-24;1-7(2)9-5-3-8-4-6-9/h4-5,14H,6-13H2,1-3H3,(H,21,22,26);7-8H,3-6H2,1-2H3. The molecule has 2 N–H and O–H groups in total. The third-order valence-electron chi connectivity index (χ3n) is 7.48. The van der Waals surface area contributed by atoms with E-state index in [1.165, 1.54) is 24.4 Å². The second kappa shape index (κ2) is 13.7. The summed E-state index contributed by atoms with van der Waals surface area (Å²) in [4.78, 5) is 26.5. The molecule has 0 unspecified atom stereocenters. The third-order valence-corrected chi connectivity index (χ3v) is 8.48. The van der Waals surface area contributed by atoms with Gasteiger partial charge in [0, 0.05) is 77.5 Å².